The summed E-state index contributed by atoms with van der Waals surface area (Å²) in [7, 11) is 1.79. The van der Waals surface area contributed by atoms with Crippen molar-refractivity contribution < 1.29 is 4.74 Å². The summed E-state index contributed by atoms with van der Waals surface area (Å²) < 4.78 is 6.96. The van der Waals surface area contributed by atoms with Crippen molar-refractivity contribution in [3.8, 4) is 0 Å². The lowest BCUT2D eigenvalue weighted by atomic mass is 9.98. The van der Waals surface area contributed by atoms with E-state index >= 15 is 0 Å². The Balaban J connectivity index is 2.16. The molecule has 2 nitrogen and oxygen atoms in total. The molecule has 2 aromatic rings. The van der Waals surface area contributed by atoms with Crippen LogP contribution in [0.25, 0.3) is 0 Å². The molecule has 1 N–H and O–H groups in total. The highest BCUT2D eigenvalue weighted by atomic mass is 79.9. The average molecular weight is 368 g/mol. The van der Waals surface area contributed by atoms with Crippen molar-refractivity contribution >= 4 is 27.3 Å². The second-order valence-electron chi connectivity index (χ2n) is 5.06. The molecule has 0 aliphatic carbocycles. The minimum absolute atomic E-state index is 0.0682. The fraction of sp³-hybridized carbons (Fsp3) is 0.412. The van der Waals surface area contributed by atoms with Gasteiger partial charge in [0.05, 0.1) is 6.10 Å². The fourth-order valence-corrected chi connectivity index (χ4v) is 3.98. The molecule has 1 aromatic carbocycles. The Hall–Kier alpha value is -0.680. The van der Waals surface area contributed by atoms with Gasteiger partial charge in [-0.3, -0.25) is 0 Å². The summed E-state index contributed by atoms with van der Waals surface area (Å²) >= 11 is 5.32. The van der Waals surface area contributed by atoms with E-state index < -0.39 is 0 Å². The number of thiophene rings is 1. The topological polar surface area (TPSA) is 21.3 Å². The van der Waals surface area contributed by atoms with Gasteiger partial charge >= 0.3 is 0 Å². The Kier molecular flexibility index (Phi) is 6.90. The van der Waals surface area contributed by atoms with E-state index in [4.69, 9.17) is 4.74 Å². The zero-order chi connectivity index (χ0) is 15.1. The van der Waals surface area contributed by atoms with Crippen molar-refractivity contribution in [3.05, 3.63) is 56.7 Å². The van der Waals surface area contributed by atoms with Gasteiger partial charge in [0.1, 0.15) is 0 Å². The smallest absolute Gasteiger partial charge is 0.0977 e. The first-order valence-electron chi connectivity index (χ1n) is 7.28. The van der Waals surface area contributed by atoms with Crippen molar-refractivity contribution in [2.24, 2.45) is 0 Å². The highest BCUT2D eigenvalue weighted by Gasteiger charge is 2.23. The van der Waals surface area contributed by atoms with Crippen molar-refractivity contribution in [3.63, 3.8) is 0 Å². The lowest BCUT2D eigenvalue weighted by Crippen LogP contribution is -2.38. The van der Waals surface area contributed by atoms with Gasteiger partial charge in [-0.15, -0.1) is 11.3 Å². The highest BCUT2D eigenvalue weighted by molar-refractivity contribution is 9.10. The van der Waals surface area contributed by atoms with E-state index in [2.05, 4.69) is 63.9 Å². The van der Waals surface area contributed by atoms with Crippen LogP contribution in [-0.4, -0.2) is 19.7 Å². The number of halogens is 1. The lowest BCUT2D eigenvalue weighted by Gasteiger charge is -2.27. The second kappa shape index (κ2) is 8.69. The monoisotopic (exact) mass is 367 g/mol. The quantitative estimate of drug-likeness (QED) is 0.722. The van der Waals surface area contributed by atoms with Gasteiger partial charge < -0.3 is 10.1 Å². The first-order valence-corrected chi connectivity index (χ1v) is 8.96. The Morgan fingerprint density at radius 1 is 1.29 bits per heavy atom. The molecule has 1 heterocycles. The number of nitrogens with one attached hydrogen (secondary N) is 1. The molecule has 2 unspecified atom stereocenters. The SMILES string of the molecule is CCCNC(Cc1cc(Br)cs1)C(OC)c1ccccc1. The summed E-state index contributed by atoms with van der Waals surface area (Å²) in [4.78, 5) is 1.37. The van der Waals surface area contributed by atoms with E-state index in [0.717, 1.165) is 23.9 Å². The Labute approximate surface area is 139 Å². The number of benzene rings is 1. The first kappa shape index (κ1) is 16.7. The van der Waals surface area contributed by atoms with Crippen molar-refractivity contribution in [2.75, 3.05) is 13.7 Å². The number of hydrogen-bond acceptors (Lipinski definition) is 3. The molecule has 0 aliphatic heterocycles. The third kappa shape index (κ3) is 4.92. The molecule has 0 aliphatic rings. The van der Waals surface area contributed by atoms with E-state index in [1.807, 2.05) is 6.07 Å². The van der Waals surface area contributed by atoms with Crippen LogP contribution in [0.4, 0.5) is 0 Å². The summed E-state index contributed by atoms with van der Waals surface area (Å²) in [5, 5.41) is 5.78. The number of ether oxygens (including phenoxy) is 1. The predicted molar refractivity (Wildman–Crippen MR) is 94.0 cm³/mol. The van der Waals surface area contributed by atoms with Gasteiger partial charge in [-0.25, -0.2) is 0 Å². The Morgan fingerprint density at radius 3 is 2.62 bits per heavy atom. The molecule has 0 fully saturated rings. The van der Waals surface area contributed by atoms with Crippen LogP contribution in [0.15, 0.2) is 46.3 Å². The van der Waals surface area contributed by atoms with Gasteiger partial charge in [0.15, 0.2) is 0 Å². The second-order valence-corrected chi connectivity index (χ2v) is 6.97. The summed E-state index contributed by atoms with van der Waals surface area (Å²) in [5.41, 5.74) is 1.23. The Bertz CT molecular complexity index is 529. The summed E-state index contributed by atoms with van der Waals surface area (Å²) in [6, 6.07) is 12.9. The van der Waals surface area contributed by atoms with Gasteiger partial charge in [-0.05, 0) is 46.9 Å². The molecule has 2 rings (SSSR count). The van der Waals surface area contributed by atoms with Crippen LogP contribution in [0, 0.1) is 0 Å². The standard InChI is InChI=1S/C17H22BrNOS/c1-3-9-19-16(11-15-10-14(18)12-21-15)17(20-2)13-7-5-4-6-8-13/h4-8,10,12,16-17,19H,3,9,11H2,1-2H3. The maximum atomic E-state index is 5.80. The normalized spacial score (nSPS) is 14.0. The van der Waals surface area contributed by atoms with E-state index in [1.165, 1.54) is 10.4 Å². The number of rotatable bonds is 8. The van der Waals surface area contributed by atoms with E-state index in [1.54, 1.807) is 18.4 Å². The molecule has 0 spiro atoms. The van der Waals surface area contributed by atoms with Crippen LogP contribution in [0.1, 0.15) is 29.9 Å². The molecule has 2 atom stereocenters. The zero-order valence-electron chi connectivity index (χ0n) is 12.5. The third-order valence-corrected chi connectivity index (χ3v) is 5.17. The van der Waals surface area contributed by atoms with Gasteiger partial charge in [0, 0.05) is 27.9 Å². The molecule has 4 heteroatoms. The highest BCUT2D eigenvalue weighted by Crippen LogP contribution is 2.27. The molecule has 0 bridgehead atoms. The molecule has 1 aromatic heterocycles. The van der Waals surface area contributed by atoms with Crippen LogP contribution in [-0.2, 0) is 11.2 Å². The largest absolute Gasteiger partial charge is 0.375 e. The van der Waals surface area contributed by atoms with Gasteiger partial charge in [0.25, 0.3) is 0 Å². The average Bonchev–Trinajstić information content (AvgIpc) is 2.91. The van der Waals surface area contributed by atoms with E-state index in [0.29, 0.717) is 0 Å². The molecule has 0 amide bonds. The van der Waals surface area contributed by atoms with Crippen LogP contribution in [0.3, 0.4) is 0 Å². The van der Waals surface area contributed by atoms with Crippen LogP contribution < -0.4 is 5.32 Å². The predicted octanol–water partition coefficient (Wildman–Crippen LogP) is 4.81. The molecular formula is C17H22BrNOS. The molecule has 21 heavy (non-hydrogen) atoms. The van der Waals surface area contributed by atoms with E-state index in [-0.39, 0.29) is 12.1 Å². The lowest BCUT2D eigenvalue weighted by molar-refractivity contribution is 0.0681. The van der Waals surface area contributed by atoms with Crippen LogP contribution in [0.2, 0.25) is 0 Å². The van der Waals surface area contributed by atoms with E-state index in [9.17, 15) is 0 Å². The van der Waals surface area contributed by atoms with Crippen molar-refractivity contribution in [2.45, 2.75) is 31.9 Å². The van der Waals surface area contributed by atoms with Crippen molar-refractivity contribution in [1.82, 2.24) is 5.32 Å². The summed E-state index contributed by atoms with van der Waals surface area (Å²) in [5.74, 6) is 0. The maximum Gasteiger partial charge on any atom is 0.0977 e. The molecule has 114 valence electrons. The number of methoxy groups -OCH3 is 1. The molecular weight excluding hydrogens is 346 g/mol. The van der Waals surface area contributed by atoms with Crippen LogP contribution in [0.5, 0.6) is 0 Å². The zero-order valence-corrected chi connectivity index (χ0v) is 14.9. The van der Waals surface area contributed by atoms with Gasteiger partial charge in [0.2, 0.25) is 0 Å². The maximum absolute atomic E-state index is 5.80. The fourth-order valence-electron chi connectivity index (χ4n) is 2.47. The van der Waals surface area contributed by atoms with Crippen LogP contribution >= 0.6 is 27.3 Å². The first-order chi connectivity index (χ1) is 10.2. The summed E-state index contributed by atoms with van der Waals surface area (Å²) in [6.45, 7) is 3.19. The number of hydrogen-bond donors (Lipinski definition) is 1. The van der Waals surface area contributed by atoms with Gasteiger partial charge in [-0.2, -0.15) is 0 Å². The third-order valence-electron chi connectivity index (χ3n) is 3.45. The van der Waals surface area contributed by atoms with Gasteiger partial charge in [-0.1, -0.05) is 37.3 Å². The molecule has 0 saturated heterocycles. The molecule has 0 radical (unpaired) electrons. The summed E-state index contributed by atoms with van der Waals surface area (Å²) in [6.07, 6.45) is 2.16. The minimum Gasteiger partial charge on any atom is -0.375 e. The van der Waals surface area contributed by atoms with Crippen molar-refractivity contribution in [1.29, 1.82) is 0 Å². The molecule has 0 saturated carbocycles. The minimum atomic E-state index is 0.0682. The Morgan fingerprint density at radius 2 is 2.05 bits per heavy atom.